The zero-order valence-corrected chi connectivity index (χ0v) is 19.2. The molecule has 2 bridgehead atoms. The molecular formula is C24H27ClF3N5O3. The first-order valence-corrected chi connectivity index (χ1v) is 11.3. The highest BCUT2D eigenvalue weighted by atomic mass is 35.5. The number of aromatic nitrogens is 4. The minimum Gasteiger partial charge on any atom is -0.542 e. The largest absolute Gasteiger partial charge is 0.542 e. The first-order valence-electron chi connectivity index (χ1n) is 11.0. The smallest absolute Gasteiger partial charge is 0.430 e. The molecule has 0 saturated carbocycles. The van der Waals surface area contributed by atoms with Gasteiger partial charge in [0.1, 0.15) is 11.7 Å². The number of benzene rings is 1. The second kappa shape index (κ2) is 10.8. The highest BCUT2D eigenvalue weighted by Crippen LogP contribution is 2.46. The zero-order chi connectivity index (χ0) is 25.3. The van der Waals surface area contributed by atoms with Gasteiger partial charge in [-0.1, -0.05) is 35.9 Å². The summed E-state index contributed by atoms with van der Waals surface area (Å²) in [6, 6.07) is 5.87. The average molecular weight is 526 g/mol. The first kappa shape index (κ1) is 27.4. The molecule has 2 unspecified atom stereocenters. The predicted octanol–water partition coefficient (Wildman–Crippen LogP) is 2.97. The number of hydrogen-bond donors (Lipinski definition) is 2. The standard InChI is InChI=1S/C21H22ClN5O.C2HF3O2.CH4/c22-15-1-2-17-18(9-15)24-19-8-13-5-12(6-14(7-13)20(19)21(17)23)3-4-27-10-16(11-28)25-26-27;3-2(4,5)1(6)7;/h1-2,5,9-10,13-14,28H,3-4,6-8,11H2,(H2,23,24);(H,6,7);1H4. The molecule has 2 heterocycles. The molecule has 8 nitrogen and oxygen atoms in total. The quantitative estimate of drug-likeness (QED) is 0.503. The van der Waals surface area contributed by atoms with Gasteiger partial charge in [-0.2, -0.15) is 13.2 Å². The topological polar surface area (TPSA) is 131 Å². The molecule has 2 aromatic heterocycles. The van der Waals surface area contributed by atoms with Crippen LogP contribution in [0.5, 0.6) is 0 Å². The van der Waals surface area contributed by atoms with Gasteiger partial charge in [0.05, 0.1) is 23.9 Å². The van der Waals surface area contributed by atoms with E-state index in [0.717, 1.165) is 53.8 Å². The van der Waals surface area contributed by atoms with E-state index < -0.39 is 12.1 Å². The maximum absolute atomic E-state index is 10.5. The van der Waals surface area contributed by atoms with Gasteiger partial charge in [-0.05, 0) is 43.2 Å². The lowest BCUT2D eigenvalue weighted by Gasteiger charge is -2.34. The van der Waals surface area contributed by atoms with E-state index in [1.165, 1.54) is 16.8 Å². The number of carboxylic acid groups (broad SMARTS) is 1. The number of nitrogens with zero attached hydrogens (tertiary/aromatic N) is 3. The fraction of sp³-hybridized carbons (Fsp3) is 0.417. The van der Waals surface area contributed by atoms with Crippen molar-refractivity contribution in [2.45, 2.75) is 58.4 Å². The van der Waals surface area contributed by atoms with Crippen LogP contribution in [0.3, 0.4) is 0 Å². The summed E-state index contributed by atoms with van der Waals surface area (Å²) in [5.74, 6) is -2.02. The minimum absolute atomic E-state index is 0. The normalized spacial score (nSPS) is 18.4. The van der Waals surface area contributed by atoms with Crippen LogP contribution in [0.2, 0.25) is 5.02 Å². The Morgan fingerprint density at radius 1 is 1.33 bits per heavy atom. The lowest BCUT2D eigenvalue weighted by molar-refractivity contribution is -0.360. The number of alkyl halides is 3. The van der Waals surface area contributed by atoms with Crippen LogP contribution in [-0.2, 0) is 24.4 Å². The summed E-state index contributed by atoms with van der Waals surface area (Å²) in [5.41, 5.74) is 13.2. The molecule has 12 heteroatoms. The molecule has 2 aliphatic rings. The minimum atomic E-state index is -5.19. The molecule has 4 N–H and O–H groups in total. The highest BCUT2D eigenvalue weighted by molar-refractivity contribution is 6.31. The van der Waals surface area contributed by atoms with Gasteiger partial charge in [0.15, 0.2) is 5.69 Å². The number of halogens is 4. The molecule has 2 atom stereocenters. The van der Waals surface area contributed by atoms with Gasteiger partial charge in [0, 0.05) is 29.6 Å². The van der Waals surface area contributed by atoms with Gasteiger partial charge in [0.2, 0.25) is 5.52 Å². The molecule has 2 aliphatic carbocycles. The van der Waals surface area contributed by atoms with E-state index in [1.54, 1.807) is 0 Å². The molecule has 0 radical (unpaired) electrons. The van der Waals surface area contributed by atoms with Gasteiger partial charge < -0.3 is 20.7 Å². The molecular weight excluding hydrogens is 499 g/mol. The van der Waals surface area contributed by atoms with Crippen LogP contribution in [0, 0.1) is 5.92 Å². The van der Waals surface area contributed by atoms with Crippen LogP contribution in [-0.4, -0.2) is 32.2 Å². The van der Waals surface area contributed by atoms with Crippen LogP contribution < -0.4 is 15.8 Å². The van der Waals surface area contributed by atoms with Crippen LogP contribution in [0.25, 0.3) is 10.9 Å². The number of aliphatic hydroxyl groups excluding tert-OH is 1. The fourth-order valence-corrected chi connectivity index (χ4v) is 5.01. The SMILES string of the molecule is C.Nc1c2c([nH+]c3cc(Cl)ccc13)CC1C=C(CCn3cc(CO)nn3)CC2C1.O=C([O-])C(F)(F)F. The third kappa shape index (κ3) is 5.96. The Labute approximate surface area is 210 Å². The second-order valence-electron chi connectivity index (χ2n) is 8.71. The molecule has 3 aromatic rings. The van der Waals surface area contributed by atoms with E-state index in [9.17, 15) is 13.2 Å². The Hall–Kier alpha value is -3.18. The first-order chi connectivity index (χ1) is 16.5. The molecule has 194 valence electrons. The fourth-order valence-electron chi connectivity index (χ4n) is 4.84. The van der Waals surface area contributed by atoms with E-state index in [1.807, 2.05) is 29.1 Å². The Kier molecular flexibility index (Phi) is 8.25. The Morgan fingerprint density at radius 2 is 2.06 bits per heavy atom. The number of carbonyl (C=O) groups is 1. The molecule has 5 rings (SSSR count). The molecule has 0 aliphatic heterocycles. The molecule has 1 aromatic carbocycles. The number of aliphatic hydroxyl groups is 1. The number of nitrogens with two attached hydrogens (primary N) is 1. The van der Waals surface area contributed by atoms with Crippen molar-refractivity contribution < 1.29 is 33.2 Å². The number of anilines is 1. The number of H-pyrrole nitrogens is 1. The van der Waals surface area contributed by atoms with E-state index >= 15 is 0 Å². The van der Waals surface area contributed by atoms with Crippen LogP contribution in [0.4, 0.5) is 18.9 Å². The van der Waals surface area contributed by atoms with Gasteiger partial charge in [-0.15, -0.1) is 5.10 Å². The summed E-state index contributed by atoms with van der Waals surface area (Å²) in [5, 5.41) is 27.7. The number of carboxylic acids is 1. The second-order valence-corrected chi connectivity index (χ2v) is 9.15. The summed E-state index contributed by atoms with van der Waals surface area (Å²) in [4.78, 5) is 12.4. The van der Waals surface area contributed by atoms with Crippen molar-refractivity contribution >= 4 is 34.2 Å². The van der Waals surface area contributed by atoms with Crippen molar-refractivity contribution in [3.63, 3.8) is 0 Å². The van der Waals surface area contributed by atoms with E-state index in [-0.39, 0.29) is 14.0 Å². The molecule has 0 saturated heterocycles. The van der Waals surface area contributed by atoms with Crippen molar-refractivity contribution in [2.24, 2.45) is 5.92 Å². The lowest BCUT2D eigenvalue weighted by Crippen LogP contribution is -2.37. The van der Waals surface area contributed by atoms with Crippen LogP contribution in [0.15, 0.2) is 36.0 Å². The summed E-state index contributed by atoms with van der Waals surface area (Å²) in [7, 11) is 0. The summed E-state index contributed by atoms with van der Waals surface area (Å²) < 4.78 is 33.4. The maximum atomic E-state index is 10.5. The number of rotatable bonds is 4. The Bertz CT molecular complexity index is 1290. The highest BCUT2D eigenvalue weighted by Gasteiger charge is 2.36. The van der Waals surface area contributed by atoms with Gasteiger partial charge in [-0.25, -0.2) is 4.98 Å². The van der Waals surface area contributed by atoms with Gasteiger partial charge in [-0.3, -0.25) is 4.68 Å². The number of nitrogen functional groups attached to an aromatic ring is 1. The number of aryl methyl sites for hydroxylation is 1. The van der Waals surface area contributed by atoms with Crippen LogP contribution in [0.1, 0.15) is 49.6 Å². The van der Waals surface area contributed by atoms with E-state index in [0.29, 0.717) is 17.5 Å². The van der Waals surface area contributed by atoms with Gasteiger partial charge in [0.25, 0.3) is 0 Å². The third-order valence-electron chi connectivity index (χ3n) is 6.26. The van der Waals surface area contributed by atoms with Crippen molar-refractivity contribution in [1.82, 2.24) is 15.0 Å². The molecule has 36 heavy (non-hydrogen) atoms. The number of allylic oxidation sites excluding steroid dienone is 2. The third-order valence-corrected chi connectivity index (χ3v) is 6.49. The number of pyridine rings is 1. The van der Waals surface area contributed by atoms with E-state index in [2.05, 4.69) is 21.4 Å². The Balaban J connectivity index is 0.000000400. The van der Waals surface area contributed by atoms with E-state index in [4.69, 9.17) is 32.3 Å². The van der Waals surface area contributed by atoms with Crippen molar-refractivity contribution in [1.29, 1.82) is 0 Å². The number of aliphatic carboxylic acids is 1. The number of nitrogens with one attached hydrogen (secondary N) is 1. The van der Waals surface area contributed by atoms with Gasteiger partial charge >= 0.3 is 6.18 Å². The maximum Gasteiger partial charge on any atom is 0.430 e. The molecule has 0 spiro atoms. The predicted molar refractivity (Wildman–Crippen MR) is 126 cm³/mol. The zero-order valence-electron chi connectivity index (χ0n) is 18.5. The van der Waals surface area contributed by atoms with Crippen LogP contribution >= 0.6 is 11.6 Å². The van der Waals surface area contributed by atoms with Crippen molar-refractivity contribution in [3.05, 3.63) is 58.0 Å². The number of carbonyl (C=O) groups excluding carboxylic acids is 1. The summed E-state index contributed by atoms with van der Waals surface area (Å²) in [6.07, 6.45) is 3.18. The number of fused-ring (bicyclic) bond motifs is 5. The lowest BCUT2D eigenvalue weighted by atomic mass is 9.70. The summed E-state index contributed by atoms with van der Waals surface area (Å²) >= 11 is 6.17. The van der Waals surface area contributed by atoms with Crippen molar-refractivity contribution in [2.75, 3.05) is 5.73 Å². The molecule has 0 amide bonds. The van der Waals surface area contributed by atoms with Crippen molar-refractivity contribution in [3.8, 4) is 0 Å². The monoisotopic (exact) mass is 525 g/mol. The molecule has 0 fully saturated rings. The average Bonchev–Trinajstić information content (AvgIpc) is 3.25. The number of aromatic amines is 1. The number of hydrogen-bond acceptors (Lipinski definition) is 6. The summed E-state index contributed by atoms with van der Waals surface area (Å²) in [6.45, 7) is 0.710. The Morgan fingerprint density at radius 3 is 2.69 bits per heavy atom.